The minimum absolute atomic E-state index is 0.0400. The maximum Gasteiger partial charge on any atom is 0.573 e. The predicted molar refractivity (Wildman–Crippen MR) is 83.0 cm³/mol. The summed E-state index contributed by atoms with van der Waals surface area (Å²) in [6.45, 7) is -0.0400. The molecule has 0 saturated carbocycles. The number of hydrogen-bond acceptors (Lipinski definition) is 6. The maximum atomic E-state index is 12.2. The molecule has 0 atom stereocenters. The standard InChI is InChI=1S/C15H12F6N4O2/c1-26-7-11-13(9-2-4-10(5-3-9)27-15(19,20)21)22-6-12(24-11)25-23-8-14(16,17)18/h2-6,8H,7H2,1H3,(H,24,25). The van der Waals surface area contributed by atoms with E-state index in [0.717, 1.165) is 18.3 Å². The Morgan fingerprint density at radius 1 is 1.11 bits per heavy atom. The van der Waals surface area contributed by atoms with Crippen molar-refractivity contribution < 1.29 is 35.8 Å². The number of anilines is 1. The molecule has 6 nitrogen and oxygen atoms in total. The molecule has 2 aromatic rings. The minimum Gasteiger partial charge on any atom is -0.406 e. The second kappa shape index (κ2) is 8.20. The Labute approximate surface area is 148 Å². The van der Waals surface area contributed by atoms with Crippen LogP contribution in [0.2, 0.25) is 0 Å². The molecule has 1 heterocycles. The van der Waals surface area contributed by atoms with Gasteiger partial charge in [-0.05, 0) is 24.3 Å². The normalized spacial score (nSPS) is 12.4. The van der Waals surface area contributed by atoms with Crippen LogP contribution in [0, 0.1) is 0 Å². The van der Waals surface area contributed by atoms with E-state index < -0.39 is 18.3 Å². The summed E-state index contributed by atoms with van der Waals surface area (Å²) in [4.78, 5) is 8.11. The molecule has 0 spiro atoms. The molecule has 0 bridgehead atoms. The van der Waals surface area contributed by atoms with E-state index in [0.29, 0.717) is 5.56 Å². The highest BCUT2D eigenvalue weighted by Gasteiger charge is 2.31. The van der Waals surface area contributed by atoms with Gasteiger partial charge in [-0.25, -0.2) is 4.98 Å². The summed E-state index contributed by atoms with van der Waals surface area (Å²) in [5.74, 6) is -0.476. The van der Waals surface area contributed by atoms with Gasteiger partial charge in [-0.2, -0.15) is 18.3 Å². The van der Waals surface area contributed by atoms with Crippen LogP contribution in [-0.4, -0.2) is 35.8 Å². The number of benzene rings is 1. The number of alkyl halides is 6. The van der Waals surface area contributed by atoms with Crippen LogP contribution in [0.25, 0.3) is 11.3 Å². The molecule has 0 radical (unpaired) electrons. The van der Waals surface area contributed by atoms with E-state index in [1.807, 2.05) is 0 Å². The topological polar surface area (TPSA) is 68.6 Å². The fraction of sp³-hybridized carbons (Fsp3) is 0.267. The smallest absolute Gasteiger partial charge is 0.406 e. The summed E-state index contributed by atoms with van der Waals surface area (Å²) in [5.41, 5.74) is 3.02. The van der Waals surface area contributed by atoms with Crippen LogP contribution in [0.3, 0.4) is 0 Å². The van der Waals surface area contributed by atoms with Crippen LogP contribution >= 0.6 is 0 Å². The van der Waals surface area contributed by atoms with Crippen molar-refractivity contribution in [1.82, 2.24) is 9.97 Å². The van der Waals surface area contributed by atoms with Gasteiger partial charge < -0.3 is 9.47 Å². The SMILES string of the molecule is COCc1nc(NN=CC(F)(F)F)cnc1-c1ccc(OC(F)(F)F)cc1. The number of halogens is 6. The van der Waals surface area contributed by atoms with Gasteiger partial charge in [0, 0.05) is 12.7 Å². The Kier molecular flexibility index (Phi) is 6.20. The molecule has 2 rings (SSSR count). The van der Waals surface area contributed by atoms with Gasteiger partial charge in [0.25, 0.3) is 0 Å². The molecular weight excluding hydrogens is 382 g/mol. The Bertz CT molecular complexity index is 790. The summed E-state index contributed by atoms with van der Waals surface area (Å²) in [6, 6.07) is 4.86. The molecule has 0 saturated heterocycles. The van der Waals surface area contributed by atoms with E-state index in [9.17, 15) is 26.3 Å². The van der Waals surface area contributed by atoms with Crippen LogP contribution in [-0.2, 0) is 11.3 Å². The number of aromatic nitrogens is 2. The van der Waals surface area contributed by atoms with Gasteiger partial charge >= 0.3 is 12.5 Å². The average molecular weight is 394 g/mol. The third-order valence-electron chi connectivity index (χ3n) is 2.88. The Hall–Kier alpha value is -2.89. The third kappa shape index (κ3) is 6.73. The zero-order valence-corrected chi connectivity index (χ0v) is 13.6. The summed E-state index contributed by atoms with van der Waals surface area (Å²) in [5, 5.41) is 3.00. The second-order valence-corrected chi connectivity index (χ2v) is 4.97. The molecule has 1 aromatic carbocycles. The number of rotatable bonds is 6. The quantitative estimate of drug-likeness (QED) is 0.453. The highest BCUT2D eigenvalue weighted by molar-refractivity contribution is 5.66. The van der Waals surface area contributed by atoms with Gasteiger partial charge in [0.15, 0.2) is 5.82 Å². The van der Waals surface area contributed by atoms with Crippen molar-refractivity contribution in [1.29, 1.82) is 0 Å². The summed E-state index contributed by atoms with van der Waals surface area (Å²) < 4.78 is 81.5. The number of methoxy groups -OCH3 is 1. The van der Waals surface area contributed by atoms with Crippen LogP contribution in [0.15, 0.2) is 35.6 Å². The van der Waals surface area contributed by atoms with Crippen LogP contribution in [0.1, 0.15) is 5.69 Å². The van der Waals surface area contributed by atoms with Crippen LogP contribution < -0.4 is 10.2 Å². The van der Waals surface area contributed by atoms with Crippen LogP contribution in [0.5, 0.6) is 5.75 Å². The third-order valence-corrected chi connectivity index (χ3v) is 2.88. The predicted octanol–water partition coefficient (Wildman–Crippen LogP) is 4.15. The van der Waals surface area contributed by atoms with Crippen molar-refractivity contribution in [2.45, 2.75) is 19.1 Å². The van der Waals surface area contributed by atoms with E-state index in [4.69, 9.17) is 4.74 Å². The number of ether oxygens (including phenoxy) is 2. The molecule has 27 heavy (non-hydrogen) atoms. The second-order valence-electron chi connectivity index (χ2n) is 4.97. The number of nitrogens with zero attached hydrogens (tertiary/aromatic N) is 3. The molecule has 0 aliphatic carbocycles. The molecule has 12 heteroatoms. The lowest BCUT2D eigenvalue weighted by Crippen LogP contribution is -2.17. The molecule has 0 aliphatic heterocycles. The van der Waals surface area contributed by atoms with Crippen molar-refractivity contribution in [2.75, 3.05) is 12.5 Å². The van der Waals surface area contributed by atoms with Gasteiger partial charge in [0.1, 0.15) is 12.0 Å². The lowest BCUT2D eigenvalue weighted by atomic mass is 10.1. The number of hydrazone groups is 1. The fourth-order valence-corrected chi connectivity index (χ4v) is 1.95. The molecule has 0 fully saturated rings. The van der Waals surface area contributed by atoms with E-state index in [1.165, 1.54) is 19.2 Å². The van der Waals surface area contributed by atoms with E-state index in [1.54, 1.807) is 0 Å². The summed E-state index contributed by atoms with van der Waals surface area (Å²) >= 11 is 0. The highest BCUT2D eigenvalue weighted by atomic mass is 19.4. The lowest BCUT2D eigenvalue weighted by molar-refractivity contribution is -0.274. The van der Waals surface area contributed by atoms with Gasteiger partial charge in [-0.1, -0.05) is 0 Å². The van der Waals surface area contributed by atoms with E-state index >= 15 is 0 Å². The Morgan fingerprint density at radius 3 is 2.33 bits per heavy atom. The summed E-state index contributed by atoms with van der Waals surface area (Å²) in [6.07, 6.45) is -8.52. The first kappa shape index (κ1) is 20.4. The fourth-order valence-electron chi connectivity index (χ4n) is 1.95. The van der Waals surface area contributed by atoms with Gasteiger partial charge in [-0.3, -0.25) is 10.4 Å². The van der Waals surface area contributed by atoms with Crippen molar-refractivity contribution in [3.63, 3.8) is 0 Å². The lowest BCUT2D eigenvalue weighted by Gasteiger charge is -2.11. The highest BCUT2D eigenvalue weighted by Crippen LogP contribution is 2.27. The maximum absolute atomic E-state index is 12.2. The number of nitrogens with one attached hydrogen (secondary N) is 1. The molecule has 0 amide bonds. The van der Waals surface area contributed by atoms with Crippen LogP contribution in [0.4, 0.5) is 32.2 Å². The van der Waals surface area contributed by atoms with Gasteiger partial charge in [0.2, 0.25) is 0 Å². The first-order valence-corrected chi connectivity index (χ1v) is 7.15. The van der Waals surface area contributed by atoms with Crippen molar-refractivity contribution >= 4 is 12.0 Å². The van der Waals surface area contributed by atoms with E-state index in [-0.39, 0.29) is 30.0 Å². The first-order valence-electron chi connectivity index (χ1n) is 7.15. The Balaban J connectivity index is 2.24. The minimum atomic E-state index is -4.81. The van der Waals surface area contributed by atoms with Crippen molar-refractivity contribution in [3.05, 3.63) is 36.2 Å². The monoisotopic (exact) mass is 394 g/mol. The molecule has 1 N–H and O–H groups in total. The molecular formula is C15H12F6N4O2. The van der Waals surface area contributed by atoms with Crippen molar-refractivity contribution in [2.24, 2.45) is 5.10 Å². The first-order chi connectivity index (χ1) is 12.6. The largest absolute Gasteiger partial charge is 0.573 e. The van der Waals surface area contributed by atoms with Gasteiger partial charge in [-0.15, -0.1) is 13.2 Å². The summed E-state index contributed by atoms with van der Waals surface area (Å²) in [7, 11) is 1.37. The van der Waals surface area contributed by atoms with Crippen molar-refractivity contribution in [3.8, 4) is 17.0 Å². The number of hydrogen-bond donors (Lipinski definition) is 1. The molecule has 0 unspecified atom stereocenters. The molecule has 0 aliphatic rings. The average Bonchev–Trinajstić information content (AvgIpc) is 2.54. The Morgan fingerprint density at radius 2 is 1.78 bits per heavy atom. The molecule has 1 aromatic heterocycles. The van der Waals surface area contributed by atoms with Gasteiger partial charge in [0.05, 0.1) is 24.2 Å². The zero-order valence-electron chi connectivity index (χ0n) is 13.6. The van der Waals surface area contributed by atoms with E-state index in [2.05, 4.69) is 25.2 Å². The zero-order chi connectivity index (χ0) is 20.1. The molecule has 146 valence electrons.